The maximum Gasteiger partial charge on any atom is 0.303 e. The van der Waals surface area contributed by atoms with Crippen LogP contribution in [0.4, 0.5) is 0 Å². The van der Waals surface area contributed by atoms with Crippen molar-refractivity contribution < 1.29 is 9.90 Å². The van der Waals surface area contributed by atoms with Crippen LogP contribution in [0.15, 0.2) is 0 Å². The van der Waals surface area contributed by atoms with E-state index in [1.54, 1.807) is 0 Å². The van der Waals surface area contributed by atoms with Crippen molar-refractivity contribution in [1.82, 2.24) is 0 Å². The van der Waals surface area contributed by atoms with Gasteiger partial charge in [0, 0.05) is 6.42 Å². The molecule has 0 radical (unpaired) electrons. The third kappa shape index (κ3) is 4.91. The molecule has 0 bridgehead atoms. The first-order valence-corrected chi connectivity index (χ1v) is 4.90. The number of aliphatic carboxylic acids is 1. The molecule has 78 valence electrons. The molecule has 0 atom stereocenters. The van der Waals surface area contributed by atoms with Gasteiger partial charge in [0.2, 0.25) is 0 Å². The van der Waals surface area contributed by atoms with Gasteiger partial charge in [-0.2, -0.15) is 0 Å². The van der Waals surface area contributed by atoms with E-state index in [2.05, 4.69) is 6.92 Å². The summed E-state index contributed by atoms with van der Waals surface area (Å²) >= 11 is 0. The Morgan fingerprint density at radius 2 is 1.85 bits per heavy atom. The number of carbonyl (C=O) groups is 1. The fourth-order valence-corrected chi connectivity index (χ4v) is 1.95. The minimum atomic E-state index is -0.645. The second-order valence-corrected chi connectivity index (χ2v) is 4.06. The summed E-state index contributed by atoms with van der Waals surface area (Å²) in [6.45, 7) is 2.29. The Bertz CT molecular complexity index is 146. The average Bonchev–Trinajstić information content (AvgIpc) is 2.03. The van der Waals surface area contributed by atoms with Crippen LogP contribution in [-0.2, 0) is 4.79 Å². The molecule has 0 unspecified atom stereocenters. The van der Waals surface area contributed by atoms with E-state index in [-0.39, 0.29) is 7.43 Å². The van der Waals surface area contributed by atoms with Gasteiger partial charge < -0.3 is 5.11 Å². The van der Waals surface area contributed by atoms with Crippen molar-refractivity contribution in [1.29, 1.82) is 0 Å². The van der Waals surface area contributed by atoms with E-state index in [1.165, 1.54) is 25.7 Å². The minimum absolute atomic E-state index is 0. The molecule has 1 N–H and O–H groups in total. The maximum absolute atomic E-state index is 10.3. The first-order valence-electron chi connectivity index (χ1n) is 4.90. The molecule has 2 nitrogen and oxygen atoms in total. The van der Waals surface area contributed by atoms with Crippen LogP contribution in [0.1, 0.15) is 52.9 Å². The molecule has 1 fully saturated rings. The molecule has 1 saturated carbocycles. The summed E-state index contributed by atoms with van der Waals surface area (Å²) in [5.41, 5.74) is 0. The van der Waals surface area contributed by atoms with E-state index < -0.39 is 5.97 Å². The van der Waals surface area contributed by atoms with E-state index in [0.29, 0.717) is 12.3 Å². The number of rotatable bonds is 3. The summed E-state index contributed by atoms with van der Waals surface area (Å²) in [7, 11) is 0. The van der Waals surface area contributed by atoms with Crippen LogP contribution in [0.2, 0.25) is 0 Å². The highest BCUT2D eigenvalue weighted by Crippen LogP contribution is 2.30. The summed E-state index contributed by atoms with van der Waals surface area (Å²) in [6.07, 6.45) is 6.33. The predicted octanol–water partition coefficient (Wildman–Crippen LogP) is 3.31. The molecule has 0 aromatic carbocycles. The zero-order valence-electron chi connectivity index (χ0n) is 7.75. The molecule has 1 aliphatic rings. The van der Waals surface area contributed by atoms with Crippen LogP contribution < -0.4 is 0 Å². The van der Waals surface area contributed by atoms with Gasteiger partial charge in [-0.05, 0) is 18.3 Å². The topological polar surface area (TPSA) is 37.3 Å². The number of hydrogen-bond donors (Lipinski definition) is 1. The molecule has 0 aromatic heterocycles. The van der Waals surface area contributed by atoms with Gasteiger partial charge in [0.25, 0.3) is 0 Å². The van der Waals surface area contributed by atoms with E-state index in [9.17, 15) is 4.79 Å². The molecular formula is C11H22O2. The van der Waals surface area contributed by atoms with Crippen LogP contribution in [0, 0.1) is 11.8 Å². The van der Waals surface area contributed by atoms with Gasteiger partial charge in [-0.1, -0.05) is 40.0 Å². The van der Waals surface area contributed by atoms with Crippen LogP contribution in [0.3, 0.4) is 0 Å². The Morgan fingerprint density at radius 1 is 1.31 bits per heavy atom. The van der Waals surface area contributed by atoms with Crippen LogP contribution >= 0.6 is 0 Å². The van der Waals surface area contributed by atoms with Gasteiger partial charge in [-0.3, -0.25) is 4.79 Å². The van der Waals surface area contributed by atoms with E-state index in [4.69, 9.17) is 5.11 Å². The Kier molecular flexibility index (Phi) is 5.76. The Hall–Kier alpha value is -0.530. The summed E-state index contributed by atoms with van der Waals surface area (Å²) in [6, 6.07) is 0. The van der Waals surface area contributed by atoms with E-state index >= 15 is 0 Å². The lowest BCUT2D eigenvalue weighted by Crippen LogP contribution is -2.13. The number of carboxylic acids is 1. The highest BCUT2D eigenvalue weighted by atomic mass is 16.4. The molecule has 0 saturated heterocycles. The Balaban J connectivity index is 0.00000144. The molecule has 0 amide bonds. The number of carboxylic acid groups (broad SMARTS) is 1. The predicted molar refractivity (Wildman–Crippen MR) is 54.7 cm³/mol. The lowest BCUT2D eigenvalue weighted by molar-refractivity contribution is -0.137. The molecule has 1 aliphatic carbocycles. The zero-order chi connectivity index (χ0) is 8.97. The van der Waals surface area contributed by atoms with Gasteiger partial charge in [0.15, 0.2) is 0 Å². The maximum atomic E-state index is 10.3. The first-order chi connectivity index (χ1) is 5.68. The lowest BCUT2D eigenvalue weighted by Gasteiger charge is -2.25. The van der Waals surface area contributed by atoms with Gasteiger partial charge in [-0.25, -0.2) is 0 Å². The van der Waals surface area contributed by atoms with Crippen molar-refractivity contribution in [2.75, 3.05) is 0 Å². The molecule has 0 aromatic rings. The second kappa shape index (κ2) is 6.01. The van der Waals surface area contributed by atoms with Gasteiger partial charge in [0.05, 0.1) is 0 Å². The second-order valence-electron chi connectivity index (χ2n) is 4.06. The molecule has 13 heavy (non-hydrogen) atoms. The summed E-state index contributed by atoms with van der Waals surface area (Å²) in [5, 5.41) is 8.50. The average molecular weight is 186 g/mol. The van der Waals surface area contributed by atoms with Crippen LogP contribution in [0.5, 0.6) is 0 Å². The van der Waals surface area contributed by atoms with E-state index in [1.807, 2.05) is 0 Å². The Labute approximate surface area is 81.3 Å². The largest absolute Gasteiger partial charge is 0.481 e. The first kappa shape index (κ1) is 12.5. The van der Waals surface area contributed by atoms with Crippen molar-refractivity contribution in [2.45, 2.75) is 52.9 Å². The molecule has 2 heteroatoms. The quantitative estimate of drug-likeness (QED) is 0.734. The van der Waals surface area contributed by atoms with E-state index in [0.717, 1.165) is 12.3 Å². The summed E-state index contributed by atoms with van der Waals surface area (Å²) < 4.78 is 0. The van der Waals surface area contributed by atoms with Crippen LogP contribution in [-0.4, -0.2) is 11.1 Å². The fourth-order valence-electron chi connectivity index (χ4n) is 1.95. The molecule has 1 rings (SSSR count). The summed E-state index contributed by atoms with van der Waals surface area (Å²) in [4.78, 5) is 10.3. The van der Waals surface area contributed by atoms with Crippen molar-refractivity contribution in [3.63, 3.8) is 0 Å². The smallest absolute Gasteiger partial charge is 0.303 e. The minimum Gasteiger partial charge on any atom is -0.481 e. The van der Waals surface area contributed by atoms with Crippen molar-refractivity contribution in [3.8, 4) is 0 Å². The fraction of sp³-hybridized carbons (Fsp3) is 0.909. The zero-order valence-corrected chi connectivity index (χ0v) is 7.75. The third-order valence-corrected chi connectivity index (χ3v) is 2.90. The SMILES string of the molecule is C.CC1CCC(CCC(=O)O)CC1. The number of hydrogen-bond acceptors (Lipinski definition) is 1. The molecule has 0 spiro atoms. The third-order valence-electron chi connectivity index (χ3n) is 2.90. The highest BCUT2D eigenvalue weighted by molar-refractivity contribution is 5.66. The van der Waals surface area contributed by atoms with Crippen LogP contribution in [0.25, 0.3) is 0 Å². The molecule has 0 heterocycles. The molecule has 0 aliphatic heterocycles. The Morgan fingerprint density at radius 3 is 2.31 bits per heavy atom. The standard InChI is InChI=1S/C10H18O2.CH4/c1-8-2-4-9(5-3-8)6-7-10(11)12;/h8-9H,2-7H2,1H3,(H,11,12);1H4. The van der Waals surface area contributed by atoms with Crippen molar-refractivity contribution in [2.24, 2.45) is 11.8 Å². The van der Waals surface area contributed by atoms with Crippen molar-refractivity contribution in [3.05, 3.63) is 0 Å². The monoisotopic (exact) mass is 186 g/mol. The highest BCUT2D eigenvalue weighted by Gasteiger charge is 2.18. The summed E-state index contributed by atoms with van der Waals surface area (Å²) in [5.74, 6) is 0.914. The molecular weight excluding hydrogens is 164 g/mol. The normalized spacial score (nSPS) is 27.8. The van der Waals surface area contributed by atoms with Gasteiger partial charge in [0.1, 0.15) is 0 Å². The lowest BCUT2D eigenvalue weighted by atomic mass is 9.81. The van der Waals surface area contributed by atoms with Gasteiger partial charge in [-0.15, -0.1) is 0 Å². The van der Waals surface area contributed by atoms with Gasteiger partial charge >= 0.3 is 5.97 Å². The van der Waals surface area contributed by atoms with Crippen molar-refractivity contribution >= 4 is 5.97 Å².